The third-order valence-corrected chi connectivity index (χ3v) is 6.41. The van der Waals surface area contributed by atoms with Crippen molar-refractivity contribution in [3.05, 3.63) is 47.7 Å². The third-order valence-electron chi connectivity index (χ3n) is 6.41. The highest BCUT2D eigenvalue weighted by molar-refractivity contribution is 5.85. The molecular weight excluding hydrogens is 376 g/mol. The molecule has 0 atom stereocenters. The Hall–Kier alpha value is -3.07. The van der Waals surface area contributed by atoms with E-state index in [-0.39, 0.29) is 0 Å². The maximum Gasteiger partial charge on any atom is 0.314 e. The molecule has 6 heteroatoms. The van der Waals surface area contributed by atoms with Gasteiger partial charge in [0, 0.05) is 18.8 Å². The fourth-order valence-electron chi connectivity index (χ4n) is 4.18. The minimum Gasteiger partial charge on any atom is -0.481 e. The monoisotopic (exact) mass is 404 g/mol. The summed E-state index contributed by atoms with van der Waals surface area (Å²) >= 11 is 0. The van der Waals surface area contributed by atoms with Crippen LogP contribution in [0.25, 0.3) is 0 Å². The van der Waals surface area contributed by atoms with Crippen molar-refractivity contribution in [1.29, 1.82) is 5.26 Å². The molecule has 1 heterocycles. The molecule has 0 amide bonds. The van der Waals surface area contributed by atoms with E-state index in [4.69, 9.17) is 5.26 Å². The first-order valence-corrected chi connectivity index (χ1v) is 10.7. The molecule has 30 heavy (non-hydrogen) atoms. The average Bonchev–Trinajstić information content (AvgIpc) is 3.50. The Balaban J connectivity index is 1.74. The van der Waals surface area contributed by atoms with Crippen molar-refractivity contribution in [3.63, 3.8) is 0 Å². The van der Waals surface area contributed by atoms with Crippen LogP contribution in [0.5, 0.6) is 0 Å². The summed E-state index contributed by atoms with van der Waals surface area (Å²) < 4.78 is 0. The maximum atomic E-state index is 12.1. The van der Waals surface area contributed by atoms with E-state index >= 15 is 0 Å². The van der Waals surface area contributed by atoms with Crippen LogP contribution in [0, 0.1) is 17.2 Å². The molecule has 2 aliphatic carbocycles. The molecule has 6 nitrogen and oxygen atoms in total. The molecule has 2 aromatic rings. The molecule has 2 aliphatic rings. The molecule has 4 rings (SSSR count). The zero-order valence-corrected chi connectivity index (χ0v) is 17.6. The quantitative estimate of drug-likeness (QED) is 0.655. The summed E-state index contributed by atoms with van der Waals surface area (Å²) in [4.78, 5) is 18.8. The average molecular weight is 405 g/mol. The number of aliphatic carboxylic acids is 1. The van der Waals surface area contributed by atoms with E-state index in [0.29, 0.717) is 30.3 Å². The Labute approximate surface area is 177 Å². The van der Waals surface area contributed by atoms with Crippen LogP contribution in [0.3, 0.4) is 0 Å². The van der Waals surface area contributed by atoms with Gasteiger partial charge in [0.2, 0.25) is 0 Å². The van der Waals surface area contributed by atoms with Crippen molar-refractivity contribution in [2.24, 2.45) is 5.92 Å². The van der Waals surface area contributed by atoms with Crippen LogP contribution < -0.4 is 10.2 Å². The SMILES string of the molecule is CC(C)N(CC1CC1)c1ccc(C2(C(=O)O)CCC2)cc1Nc1ccc(C#N)cn1. The topological polar surface area (TPSA) is 89.3 Å². The predicted octanol–water partition coefficient (Wildman–Crippen LogP) is 4.83. The summed E-state index contributed by atoms with van der Waals surface area (Å²) in [6.45, 7) is 5.37. The number of carboxylic acid groups (broad SMARTS) is 1. The number of hydrogen-bond acceptors (Lipinski definition) is 5. The molecule has 0 saturated heterocycles. The summed E-state index contributed by atoms with van der Waals surface area (Å²) in [5.41, 5.74) is 2.49. The van der Waals surface area contributed by atoms with E-state index < -0.39 is 11.4 Å². The number of nitrogens with one attached hydrogen (secondary N) is 1. The summed E-state index contributed by atoms with van der Waals surface area (Å²) in [7, 11) is 0. The van der Waals surface area contributed by atoms with Gasteiger partial charge in [-0.25, -0.2) is 4.98 Å². The van der Waals surface area contributed by atoms with Gasteiger partial charge in [0.25, 0.3) is 0 Å². The Kier molecular flexibility index (Phi) is 5.38. The molecule has 0 radical (unpaired) electrons. The minimum absolute atomic E-state index is 0.322. The molecule has 2 N–H and O–H groups in total. The lowest BCUT2D eigenvalue weighted by Crippen LogP contribution is -2.42. The van der Waals surface area contributed by atoms with Gasteiger partial charge >= 0.3 is 5.97 Å². The zero-order chi connectivity index (χ0) is 21.3. The van der Waals surface area contributed by atoms with E-state index in [9.17, 15) is 9.90 Å². The van der Waals surface area contributed by atoms with Crippen molar-refractivity contribution >= 4 is 23.2 Å². The highest BCUT2D eigenvalue weighted by Gasteiger charge is 2.46. The normalized spacial score (nSPS) is 17.1. The van der Waals surface area contributed by atoms with Gasteiger partial charge in [0.15, 0.2) is 0 Å². The van der Waals surface area contributed by atoms with Gasteiger partial charge in [0.1, 0.15) is 11.9 Å². The molecule has 0 spiro atoms. The predicted molar refractivity (Wildman–Crippen MR) is 117 cm³/mol. The standard InChI is InChI=1S/C24H28N4O2/c1-16(2)28(15-17-4-5-17)21-8-7-19(24(23(29)30)10-3-11-24)12-20(21)27-22-9-6-18(13-25)14-26-22/h6-9,12,14,16-17H,3-5,10-11,15H2,1-2H3,(H,26,27)(H,29,30). The number of benzene rings is 1. The summed E-state index contributed by atoms with van der Waals surface area (Å²) in [6.07, 6.45) is 6.36. The van der Waals surface area contributed by atoms with Gasteiger partial charge in [-0.2, -0.15) is 5.26 Å². The van der Waals surface area contributed by atoms with Crippen molar-refractivity contribution in [2.75, 3.05) is 16.8 Å². The van der Waals surface area contributed by atoms with Crippen LogP contribution in [0.2, 0.25) is 0 Å². The summed E-state index contributed by atoms with van der Waals surface area (Å²) in [5.74, 6) is 0.619. The van der Waals surface area contributed by atoms with Gasteiger partial charge < -0.3 is 15.3 Å². The van der Waals surface area contributed by atoms with Crippen molar-refractivity contribution in [3.8, 4) is 6.07 Å². The lowest BCUT2D eigenvalue weighted by Gasteiger charge is -2.39. The smallest absolute Gasteiger partial charge is 0.314 e. The third kappa shape index (κ3) is 3.85. The van der Waals surface area contributed by atoms with E-state index in [1.165, 1.54) is 12.8 Å². The number of carboxylic acids is 1. The van der Waals surface area contributed by atoms with E-state index in [0.717, 1.165) is 35.8 Å². The largest absolute Gasteiger partial charge is 0.481 e. The number of nitriles is 1. The molecule has 156 valence electrons. The molecular formula is C24H28N4O2. The van der Waals surface area contributed by atoms with Crippen LogP contribution in [0.4, 0.5) is 17.2 Å². The molecule has 0 bridgehead atoms. The second-order valence-electron chi connectivity index (χ2n) is 8.83. The molecule has 1 aromatic heterocycles. The highest BCUT2D eigenvalue weighted by atomic mass is 16.4. The van der Waals surface area contributed by atoms with E-state index in [2.05, 4.69) is 41.2 Å². The first-order valence-electron chi connectivity index (χ1n) is 10.7. The summed E-state index contributed by atoms with van der Waals surface area (Å²) in [5, 5.41) is 22.3. The lowest BCUT2D eigenvalue weighted by atomic mass is 9.64. The van der Waals surface area contributed by atoms with Gasteiger partial charge in [-0.15, -0.1) is 0 Å². The number of anilines is 3. The number of carbonyl (C=O) groups is 1. The Bertz CT molecular complexity index is 970. The fourth-order valence-corrected chi connectivity index (χ4v) is 4.18. The van der Waals surface area contributed by atoms with Crippen LogP contribution in [0.1, 0.15) is 57.1 Å². The molecule has 0 unspecified atom stereocenters. The highest BCUT2D eigenvalue weighted by Crippen LogP contribution is 2.46. The van der Waals surface area contributed by atoms with Gasteiger partial charge in [0.05, 0.1) is 22.4 Å². The number of nitrogens with zero attached hydrogens (tertiary/aromatic N) is 3. The van der Waals surface area contributed by atoms with Gasteiger partial charge in [-0.1, -0.05) is 12.5 Å². The van der Waals surface area contributed by atoms with E-state index in [1.54, 1.807) is 18.3 Å². The van der Waals surface area contributed by atoms with Gasteiger partial charge in [-0.3, -0.25) is 4.79 Å². The molecule has 2 fully saturated rings. The second kappa shape index (κ2) is 7.98. The van der Waals surface area contributed by atoms with Crippen molar-refractivity contribution in [2.45, 2.75) is 57.4 Å². The van der Waals surface area contributed by atoms with Crippen molar-refractivity contribution in [1.82, 2.24) is 4.98 Å². The summed E-state index contributed by atoms with van der Waals surface area (Å²) in [6, 6.07) is 12.0. The van der Waals surface area contributed by atoms with Crippen molar-refractivity contribution < 1.29 is 9.90 Å². The molecule has 0 aliphatic heterocycles. The Morgan fingerprint density at radius 1 is 1.33 bits per heavy atom. The first-order chi connectivity index (χ1) is 14.4. The number of hydrogen-bond donors (Lipinski definition) is 2. The first kappa shape index (κ1) is 20.2. The van der Waals surface area contributed by atoms with Crippen LogP contribution in [-0.4, -0.2) is 28.6 Å². The Morgan fingerprint density at radius 3 is 2.60 bits per heavy atom. The minimum atomic E-state index is -0.786. The maximum absolute atomic E-state index is 12.1. The van der Waals surface area contributed by atoms with E-state index in [1.807, 2.05) is 12.1 Å². The fraction of sp³-hybridized carbons (Fsp3) is 0.458. The second-order valence-corrected chi connectivity index (χ2v) is 8.83. The van der Waals surface area contributed by atoms with Crippen LogP contribution >= 0.6 is 0 Å². The zero-order valence-electron chi connectivity index (χ0n) is 17.6. The molecule has 2 saturated carbocycles. The van der Waals surface area contributed by atoms with Crippen LogP contribution in [0.15, 0.2) is 36.5 Å². The molecule has 1 aromatic carbocycles. The van der Waals surface area contributed by atoms with Crippen LogP contribution in [-0.2, 0) is 10.2 Å². The number of rotatable bonds is 8. The lowest BCUT2D eigenvalue weighted by molar-refractivity contribution is -0.147. The number of aromatic nitrogens is 1. The van der Waals surface area contributed by atoms with Gasteiger partial charge in [-0.05, 0) is 75.3 Å². The number of pyridine rings is 1. The Morgan fingerprint density at radius 2 is 2.10 bits per heavy atom.